The van der Waals surface area contributed by atoms with Crippen molar-refractivity contribution in [1.29, 1.82) is 0 Å². The van der Waals surface area contributed by atoms with E-state index in [0.29, 0.717) is 23.5 Å². The van der Waals surface area contributed by atoms with Gasteiger partial charge in [0.25, 0.3) is 0 Å². The van der Waals surface area contributed by atoms with Gasteiger partial charge in [-0.05, 0) is 54.7 Å². The van der Waals surface area contributed by atoms with Crippen molar-refractivity contribution in [1.82, 2.24) is 9.97 Å². The molecule has 0 atom stereocenters. The van der Waals surface area contributed by atoms with Gasteiger partial charge in [-0.15, -0.1) is 0 Å². The molecule has 5 heteroatoms. The third-order valence-electron chi connectivity index (χ3n) is 5.53. The number of ketones is 1. The first kappa shape index (κ1) is 20.1. The lowest BCUT2D eigenvalue weighted by atomic mass is 9.73. The quantitative estimate of drug-likeness (QED) is 0.593. The SMILES string of the molecule is COc1cccc(OC)c1-c1cc(-c2cc(C)ccn2)nc2c1C(=O)CC(C)(C)C2. The number of carbonyl (C=O) groups excluding carboxylic acids is 1. The van der Waals surface area contributed by atoms with E-state index in [9.17, 15) is 4.79 Å². The molecule has 30 heavy (non-hydrogen) atoms. The molecule has 0 saturated heterocycles. The standard InChI is InChI=1S/C25H26N2O3/c1-15-9-10-26-17(11-15)18-12-16(24-21(29-4)7-6-8-22(24)30-5)23-19(27-18)13-25(2,3)14-20(23)28/h6-12H,13-14H2,1-5H3. The van der Waals surface area contributed by atoms with E-state index < -0.39 is 0 Å². The van der Waals surface area contributed by atoms with Crippen LogP contribution in [-0.4, -0.2) is 30.0 Å². The zero-order valence-electron chi connectivity index (χ0n) is 18.1. The minimum atomic E-state index is -0.141. The maximum absolute atomic E-state index is 13.3. The zero-order valence-corrected chi connectivity index (χ0v) is 18.1. The molecule has 1 aliphatic carbocycles. The fourth-order valence-corrected chi connectivity index (χ4v) is 4.20. The molecule has 0 bridgehead atoms. The van der Waals surface area contributed by atoms with Crippen molar-refractivity contribution in [3.63, 3.8) is 0 Å². The molecule has 0 unspecified atom stereocenters. The van der Waals surface area contributed by atoms with Gasteiger partial charge in [0.05, 0.1) is 36.9 Å². The van der Waals surface area contributed by atoms with E-state index in [1.54, 1.807) is 20.4 Å². The first-order valence-corrected chi connectivity index (χ1v) is 10.0. The van der Waals surface area contributed by atoms with Gasteiger partial charge in [0.15, 0.2) is 5.78 Å². The van der Waals surface area contributed by atoms with Gasteiger partial charge >= 0.3 is 0 Å². The molecule has 0 fully saturated rings. The smallest absolute Gasteiger partial charge is 0.165 e. The van der Waals surface area contributed by atoms with Gasteiger partial charge in [0.2, 0.25) is 0 Å². The lowest BCUT2D eigenvalue weighted by Gasteiger charge is -2.31. The average molecular weight is 402 g/mol. The van der Waals surface area contributed by atoms with Crippen molar-refractivity contribution in [2.45, 2.75) is 33.6 Å². The van der Waals surface area contributed by atoms with Crippen LogP contribution in [0.5, 0.6) is 11.5 Å². The van der Waals surface area contributed by atoms with Gasteiger partial charge in [-0.3, -0.25) is 14.8 Å². The van der Waals surface area contributed by atoms with Crippen LogP contribution in [0.25, 0.3) is 22.5 Å². The van der Waals surface area contributed by atoms with Gasteiger partial charge in [0, 0.05) is 23.7 Å². The fraction of sp³-hybridized carbons (Fsp3) is 0.320. The second kappa shape index (κ2) is 7.56. The number of nitrogens with zero attached hydrogens (tertiary/aromatic N) is 2. The molecule has 0 amide bonds. The Bertz CT molecular complexity index is 1110. The Morgan fingerprint density at radius 1 is 0.933 bits per heavy atom. The highest BCUT2D eigenvalue weighted by atomic mass is 16.5. The number of methoxy groups -OCH3 is 2. The number of pyridine rings is 2. The Kier molecular flexibility index (Phi) is 5.06. The number of carbonyl (C=O) groups is 1. The summed E-state index contributed by atoms with van der Waals surface area (Å²) in [5.74, 6) is 1.41. The second-order valence-electron chi connectivity index (χ2n) is 8.57. The minimum absolute atomic E-state index is 0.0976. The third-order valence-corrected chi connectivity index (χ3v) is 5.53. The normalized spacial score (nSPS) is 14.9. The predicted octanol–water partition coefficient (Wildman–Crippen LogP) is 5.29. The number of ether oxygens (including phenoxy) is 2. The second-order valence-corrected chi connectivity index (χ2v) is 8.57. The topological polar surface area (TPSA) is 61.3 Å². The summed E-state index contributed by atoms with van der Waals surface area (Å²) in [6.07, 6.45) is 2.98. The van der Waals surface area contributed by atoms with Crippen molar-refractivity contribution in [2.24, 2.45) is 5.41 Å². The number of benzene rings is 1. The first-order chi connectivity index (χ1) is 14.3. The molecule has 3 aromatic rings. The molecular weight excluding hydrogens is 376 g/mol. The number of aromatic nitrogens is 2. The molecular formula is C25H26N2O3. The molecule has 0 saturated carbocycles. The van der Waals surface area contributed by atoms with Gasteiger partial charge in [-0.25, -0.2) is 0 Å². The average Bonchev–Trinajstić information content (AvgIpc) is 2.71. The van der Waals surface area contributed by atoms with E-state index in [1.807, 2.05) is 43.3 Å². The Morgan fingerprint density at radius 2 is 1.63 bits per heavy atom. The Hall–Kier alpha value is -3.21. The lowest BCUT2D eigenvalue weighted by Crippen LogP contribution is -2.28. The Morgan fingerprint density at radius 3 is 2.27 bits per heavy atom. The van der Waals surface area contributed by atoms with Crippen molar-refractivity contribution in [2.75, 3.05) is 14.2 Å². The van der Waals surface area contributed by atoms with E-state index in [2.05, 4.69) is 18.8 Å². The van der Waals surface area contributed by atoms with Gasteiger partial charge < -0.3 is 9.47 Å². The van der Waals surface area contributed by atoms with Crippen molar-refractivity contribution >= 4 is 5.78 Å². The minimum Gasteiger partial charge on any atom is -0.496 e. The first-order valence-electron chi connectivity index (χ1n) is 10.0. The van der Waals surface area contributed by atoms with Crippen LogP contribution in [0.3, 0.4) is 0 Å². The molecule has 154 valence electrons. The molecule has 0 aliphatic heterocycles. The number of rotatable bonds is 4. The molecule has 1 aliphatic rings. The van der Waals surface area contributed by atoms with Crippen LogP contribution in [0.4, 0.5) is 0 Å². The molecule has 4 rings (SSSR count). The predicted molar refractivity (Wildman–Crippen MR) is 117 cm³/mol. The Balaban J connectivity index is 2.06. The maximum Gasteiger partial charge on any atom is 0.165 e. The van der Waals surface area contributed by atoms with Crippen LogP contribution < -0.4 is 9.47 Å². The number of Topliss-reactive ketones (excluding diaryl/α,β-unsaturated/α-hetero) is 1. The number of hydrogen-bond acceptors (Lipinski definition) is 5. The highest BCUT2D eigenvalue weighted by Gasteiger charge is 2.35. The van der Waals surface area contributed by atoms with E-state index in [-0.39, 0.29) is 11.2 Å². The van der Waals surface area contributed by atoms with Gasteiger partial charge in [-0.2, -0.15) is 0 Å². The van der Waals surface area contributed by atoms with E-state index in [1.165, 1.54) is 0 Å². The summed E-state index contributed by atoms with van der Waals surface area (Å²) in [6, 6.07) is 11.5. The number of fused-ring (bicyclic) bond motifs is 1. The summed E-state index contributed by atoms with van der Waals surface area (Å²) < 4.78 is 11.3. The summed E-state index contributed by atoms with van der Waals surface area (Å²) in [5.41, 5.74) is 5.50. The van der Waals surface area contributed by atoms with E-state index in [0.717, 1.165) is 40.2 Å². The molecule has 2 heterocycles. The lowest BCUT2D eigenvalue weighted by molar-refractivity contribution is 0.0911. The summed E-state index contributed by atoms with van der Waals surface area (Å²) >= 11 is 0. The van der Waals surface area contributed by atoms with Crippen LogP contribution in [0, 0.1) is 12.3 Å². The molecule has 1 aromatic carbocycles. The molecule has 5 nitrogen and oxygen atoms in total. The number of hydrogen-bond donors (Lipinski definition) is 0. The fourth-order valence-electron chi connectivity index (χ4n) is 4.20. The van der Waals surface area contributed by atoms with Crippen LogP contribution in [0.15, 0.2) is 42.6 Å². The summed E-state index contributed by atoms with van der Waals surface area (Å²) in [4.78, 5) is 22.7. The molecule has 0 spiro atoms. The molecule has 2 aromatic heterocycles. The van der Waals surface area contributed by atoms with Crippen LogP contribution in [-0.2, 0) is 6.42 Å². The highest BCUT2D eigenvalue weighted by molar-refractivity contribution is 6.06. The van der Waals surface area contributed by atoms with E-state index >= 15 is 0 Å². The van der Waals surface area contributed by atoms with Crippen molar-refractivity contribution < 1.29 is 14.3 Å². The van der Waals surface area contributed by atoms with Crippen molar-refractivity contribution in [3.05, 3.63) is 59.4 Å². The van der Waals surface area contributed by atoms with Crippen molar-refractivity contribution in [3.8, 4) is 34.0 Å². The van der Waals surface area contributed by atoms with E-state index in [4.69, 9.17) is 14.5 Å². The summed E-state index contributed by atoms with van der Waals surface area (Å²) in [7, 11) is 3.25. The monoisotopic (exact) mass is 402 g/mol. The van der Waals surface area contributed by atoms with Crippen LogP contribution >= 0.6 is 0 Å². The molecule has 0 N–H and O–H groups in total. The third kappa shape index (κ3) is 3.56. The van der Waals surface area contributed by atoms with Gasteiger partial charge in [0.1, 0.15) is 11.5 Å². The van der Waals surface area contributed by atoms with Crippen LogP contribution in [0.1, 0.15) is 41.9 Å². The zero-order chi connectivity index (χ0) is 21.5. The highest BCUT2D eigenvalue weighted by Crippen LogP contribution is 2.45. The molecule has 0 radical (unpaired) electrons. The summed E-state index contributed by atoms with van der Waals surface area (Å²) in [5, 5.41) is 0. The van der Waals surface area contributed by atoms with Crippen LogP contribution in [0.2, 0.25) is 0 Å². The Labute approximate surface area is 177 Å². The van der Waals surface area contributed by atoms with Gasteiger partial charge in [-0.1, -0.05) is 19.9 Å². The summed E-state index contributed by atoms with van der Waals surface area (Å²) in [6.45, 7) is 6.24. The maximum atomic E-state index is 13.3. The number of aryl methyl sites for hydroxylation is 1. The largest absolute Gasteiger partial charge is 0.496 e.